The maximum atomic E-state index is 13.6. The van der Waals surface area contributed by atoms with Gasteiger partial charge in [-0.15, -0.1) is 0 Å². The van der Waals surface area contributed by atoms with Gasteiger partial charge in [0.15, 0.2) is 17.9 Å². The lowest BCUT2D eigenvalue weighted by Gasteiger charge is -2.11. The minimum atomic E-state index is -0.953. The van der Waals surface area contributed by atoms with Crippen LogP contribution in [-0.4, -0.2) is 18.1 Å². The molecule has 1 saturated heterocycles. The minimum absolute atomic E-state index is 0.165. The van der Waals surface area contributed by atoms with E-state index in [1.165, 1.54) is 18.2 Å². The molecule has 0 aromatic heterocycles. The molecule has 0 N–H and O–H groups in total. The number of nitro benzene ring substituents is 1. The topological polar surface area (TPSA) is 70.8 Å². The van der Waals surface area contributed by atoms with Crippen molar-refractivity contribution in [3.05, 3.63) is 63.7 Å². The van der Waals surface area contributed by atoms with Gasteiger partial charge in [0.25, 0.3) is 0 Å². The summed E-state index contributed by atoms with van der Waals surface area (Å²) in [5, 5.41) is 11.2. The monoisotopic (exact) mass is 323 g/mol. The predicted octanol–water partition coefficient (Wildman–Crippen LogP) is 3.71. The summed E-state index contributed by atoms with van der Waals surface area (Å²) in [7, 11) is 0. The van der Waals surface area contributed by atoms with E-state index >= 15 is 0 Å². The molecule has 2 aromatic rings. The van der Waals surface area contributed by atoms with Crippen LogP contribution in [-0.2, 0) is 9.47 Å². The predicted molar refractivity (Wildman–Crippen MR) is 74.2 cm³/mol. The van der Waals surface area contributed by atoms with Gasteiger partial charge in [-0.3, -0.25) is 10.1 Å². The molecular weight excluding hydrogens is 312 g/mol. The van der Waals surface area contributed by atoms with Crippen LogP contribution in [0.4, 0.5) is 14.5 Å². The second kappa shape index (κ2) is 6.27. The highest BCUT2D eigenvalue weighted by Crippen LogP contribution is 2.36. The van der Waals surface area contributed by atoms with Gasteiger partial charge in [-0.2, -0.15) is 0 Å². The first-order valence-electron chi connectivity index (χ1n) is 6.69. The third-order valence-corrected chi connectivity index (χ3v) is 3.19. The van der Waals surface area contributed by atoms with Gasteiger partial charge in [0.1, 0.15) is 5.82 Å². The SMILES string of the molecule is O=[N+]([O-])c1cc(C2OCCO2)ccc1Oc1ccc(F)cc1F. The lowest BCUT2D eigenvalue weighted by molar-refractivity contribution is -0.385. The fraction of sp³-hybridized carbons (Fsp3) is 0.200. The summed E-state index contributed by atoms with van der Waals surface area (Å²) in [4.78, 5) is 10.6. The van der Waals surface area contributed by atoms with E-state index in [-0.39, 0.29) is 17.2 Å². The summed E-state index contributed by atoms with van der Waals surface area (Å²) in [6.45, 7) is 0.801. The molecule has 0 radical (unpaired) electrons. The van der Waals surface area contributed by atoms with Crippen molar-refractivity contribution in [1.29, 1.82) is 0 Å². The van der Waals surface area contributed by atoms with Gasteiger partial charge in [-0.25, -0.2) is 8.78 Å². The average Bonchev–Trinajstić information content (AvgIpc) is 3.04. The highest BCUT2D eigenvalue weighted by molar-refractivity contribution is 5.51. The Bertz CT molecular complexity index is 747. The number of rotatable bonds is 4. The lowest BCUT2D eigenvalue weighted by atomic mass is 10.2. The van der Waals surface area contributed by atoms with Crippen LogP contribution in [0.1, 0.15) is 11.9 Å². The zero-order chi connectivity index (χ0) is 16.4. The Kier molecular flexibility index (Phi) is 4.18. The van der Waals surface area contributed by atoms with E-state index in [9.17, 15) is 18.9 Å². The largest absolute Gasteiger partial charge is 0.447 e. The van der Waals surface area contributed by atoms with Crippen molar-refractivity contribution in [3.8, 4) is 11.5 Å². The van der Waals surface area contributed by atoms with Gasteiger partial charge in [-0.05, 0) is 24.3 Å². The summed E-state index contributed by atoms with van der Waals surface area (Å²) in [6.07, 6.45) is -0.676. The molecule has 0 amide bonds. The maximum Gasteiger partial charge on any atom is 0.312 e. The molecule has 1 heterocycles. The Morgan fingerprint density at radius 2 is 1.78 bits per heavy atom. The molecule has 120 valence electrons. The number of ether oxygens (including phenoxy) is 3. The smallest absolute Gasteiger partial charge is 0.312 e. The molecule has 0 spiro atoms. The van der Waals surface area contributed by atoms with Gasteiger partial charge in [0.05, 0.1) is 18.1 Å². The van der Waals surface area contributed by atoms with Gasteiger partial charge in [0.2, 0.25) is 5.75 Å². The molecule has 23 heavy (non-hydrogen) atoms. The van der Waals surface area contributed by atoms with Crippen LogP contribution in [0.25, 0.3) is 0 Å². The number of nitro groups is 1. The summed E-state index contributed by atoms with van der Waals surface area (Å²) >= 11 is 0. The zero-order valence-corrected chi connectivity index (χ0v) is 11.7. The molecule has 0 bridgehead atoms. The maximum absolute atomic E-state index is 13.6. The molecule has 1 fully saturated rings. The van der Waals surface area contributed by atoms with Crippen molar-refractivity contribution in [2.45, 2.75) is 6.29 Å². The Balaban J connectivity index is 1.93. The van der Waals surface area contributed by atoms with Gasteiger partial charge in [0, 0.05) is 17.7 Å². The number of nitrogens with zero attached hydrogens (tertiary/aromatic N) is 1. The van der Waals surface area contributed by atoms with E-state index in [0.29, 0.717) is 24.8 Å². The van der Waals surface area contributed by atoms with Crippen molar-refractivity contribution in [2.75, 3.05) is 13.2 Å². The van der Waals surface area contributed by atoms with Crippen molar-refractivity contribution >= 4 is 5.69 Å². The van der Waals surface area contributed by atoms with Crippen LogP contribution in [0, 0.1) is 21.7 Å². The van der Waals surface area contributed by atoms with E-state index in [0.717, 1.165) is 12.1 Å². The first kappa shape index (κ1) is 15.3. The van der Waals surface area contributed by atoms with E-state index < -0.39 is 22.8 Å². The number of hydrogen-bond acceptors (Lipinski definition) is 5. The molecular formula is C15H11F2NO5. The third kappa shape index (κ3) is 3.27. The van der Waals surface area contributed by atoms with E-state index in [4.69, 9.17) is 14.2 Å². The number of halogens is 2. The van der Waals surface area contributed by atoms with Crippen LogP contribution in [0.3, 0.4) is 0 Å². The summed E-state index contributed by atoms with van der Waals surface area (Å²) in [5.74, 6) is -2.20. The Morgan fingerprint density at radius 3 is 2.43 bits per heavy atom. The highest BCUT2D eigenvalue weighted by Gasteiger charge is 2.24. The van der Waals surface area contributed by atoms with Crippen LogP contribution in [0.5, 0.6) is 11.5 Å². The summed E-state index contributed by atoms with van der Waals surface area (Å²) < 4.78 is 42.3. The molecule has 0 aliphatic carbocycles. The fourth-order valence-electron chi connectivity index (χ4n) is 2.14. The summed E-state index contributed by atoms with van der Waals surface area (Å²) in [6, 6.07) is 6.79. The van der Waals surface area contributed by atoms with Gasteiger partial charge >= 0.3 is 5.69 Å². The van der Waals surface area contributed by atoms with Crippen LogP contribution >= 0.6 is 0 Å². The van der Waals surface area contributed by atoms with Crippen LogP contribution in [0.2, 0.25) is 0 Å². The normalized spacial score (nSPS) is 14.9. The van der Waals surface area contributed by atoms with Crippen LogP contribution < -0.4 is 4.74 Å². The third-order valence-electron chi connectivity index (χ3n) is 3.19. The molecule has 2 aromatic carbocycles. The second-order valence-corrected chi connectivity index (χ2v) is 4.73. The molecule has 0 saturated carbocycles. The Hall–Kier alpha value is -2.58. The molecule has 3 rings (SSSR count). The van der Waals surface area contributed by atoms with Crippen molar-refractivity contribution in [3.63, 3.8) is 0 Å². The molecule has 1 aliphatic rings. The van der Waals surface area contributed by atoms with Crippen molar-refractivity contribution in [1.82, 2.24) is 0 Å². The zero-order valence-electron chi connectivity index (χ0n) is 11.7. The van der Waals surface area contributed by atoms with E-state index in [1.807, 2.05) is 0 Å². The first-order chi connectivity index (χ1) is 11.0. The summed E-state index contributed by atoms with van der Waals surface area (Å²) in [5.41, 5.74) is 0.0893. The van der Waals surface area contributed by atoms with Crippen molar-refractivity contribution < 1.29 is 27.9 Å². The number of benzene rings is 2. The van der Waals surface area contributed by atoms with E-state index in [1.54, 1.807) is 0 Å². The number of hydrogen-bond donors (Lipinski definition) is 0. The molecule has 8 heteroatoms. The fourth-order valence-corrected chi connectivity index (χ4v) is 2.14. The minimum Gasteiger partial charge on any atom is -0.447 e. The molecule has 6 nitrogen and oxygen atoms in total. The average molecular weight is 323 g/mol. The first-order valence-corrected chi connectivity index (χ1v) is 6.69. The highest BCUT2D eigenvalue weighted by atomic mass is 19.1. The lowest BCUT2D eigenvalue weighted by Crippen LogP contribution is -2.01. The quantitative estimate of drug-likeness (QED) is 0.633. The molecule has 1 aliphatic heterocycles. The Labute approximate surface area is 129 Å². The molecule has 0 unspecified atom stereocenters. The van der Waals surface area contributed by atoms with Crippen LogP contribution in [0.15, 0.2) is 36.4 Å². The second-order valence-electron chi connectivity index (χ2n) is 4.73. The standard InChI is InChI=1S/C15H11F2NO5/c16-10-2-4-13(11(17)8-10)23-14-3-1-9(7-12(14)18(19)20)15-21-5-6-22-15/h1-4,7-8,15H,5-6H2. The van der Waals surface area contributed by atoms with E-state index in [2.05, 4.69) is 0 Å². The molecule has 0 atom stereocenters. The van der Waals surface area contributed by atoms with Gasteiger partial charge in [-0.1, -0.05) is 0 Å². The Morgan fingerprint density at radius 1 is 1.09 bits per heavy atom. The van der Waals surface area contributed by atoms with Gasteiger partial charge < -0.3 is 14.2 Å². The van der Waals surface area contributed by atoms with Crippen molar-refractivity contribution in [2.24, 2.45) is 0 Å².